The number of nitrogens with zero attached hydrogens (tertiary/aromatic N) is 4. The maximum atomic E-state index is 6.05. The molecule has 0 unspecified atom stereocenters. The minimum Gasteiger partial charge on any atom is -0.357 e. The molecule has 0 bridgehead atoms. The van der Waals surface area contributed by atoms with Gasteiger partial charge in [-0.15, -0.1) is 35.3 Å². The molecule has 0 saturated heterocycles. The molecule has 0 aliphatic carbocycles. The van der Waals surface area contributed by atoms with Crippen LogP contribution < -0.4 is 5.32 Å². The van der Waals surface area contributed by atoms with Gasteiger partial charge in [0.2, 0.25) is 0 Å². The van der Waals surface area contributed by atoms with Crippen LogP contribution in [0.25, 0.3) is 0 Å². The molecular formula is C16H25ClIN5S. The van der Waals surface area contributed by atoms with Gasteiger partial charge in [0.15, 0.2) is 5.96 Å². The molecule has 0 aromatic carbocycles. The molecule has 0 amide bonds. The van der Waals surface area contributed by atoms with Crippen LogP contribution in [0.15, 0.2) is 22.6 Å². The van der Waals surface area contributed by atoms with Crippen LogP contribution in [-0.4, -0.2) is 34.0 Å². The SMILES string of the molecule is CCNC(=NCc1csc(CC)n1)N(C)Cc1cc(Cl)cn1C.I. The van der Waals surface area contributed by atoms with E-state index in [0.29, 0.717) is 6.54 Å². The summed E-state index contributed by atoms with van der Waals surface area (Å²) in [5, 5.41) is 7.33. The first-order valence-electron chi connectivity index (χ1n) is 7.77. The molecule has 8 heteroatoms. The first-order chi connectivity index (χ1) is 11.0. The summed E-state index contributed by atoms with van der Waals surface area (Å²) in [4.78, 5) is 11.4. The van der Waals surface area contributed by atoms with E-state index in [-0.39, 0.29) is 24.0 Å². The number of hydrogen-bond acceptors (Lipinski definition) is 3. The van der Waals surface area contributed by atoms with Crippen LogP contribution in [0.1, 0.15) is 30.2 Å². The zero-order valence-electron chi connectivity index (χ0n) is 14.5. The average Bonchev–Trinajstić information content (AvgIpc) is 3.10. The molecule has 0 spiro atoms. The van der Waals surface area contributed by atoms with Crippen molar-refractivity contribution in [3.8, 4) is 0 Å². The molecule has 2 aromatic heterocycles. The van der Waals surface area contributed by atoms with Crippen LogP contribution in [0.3, 0.4) is 0 Å². The highest BCUT2D eigenvalue weighted by atomic mass is 127. The van der Waals surface area contributed by atoms with Crippen molar-refractivity contribution in [3.63, 3.8) is 0 Å². The monoisotopic (exact) mass is 481 g/mol. The molecule has 5 nitrogen and oxygen atoms in total. The number of aromatic nitrogens is 2. The number of rotatable bonds is 6. The van der Waals surface area contributed by atoms with Crippen LogP contribution in [0, 0.1) is 0 Å². The fourth-order valence-electron chi connectivity index (χ4n) is 2.25. The Labute approximate surface area is 170 Å². The summed E-state index contributed by atoms with van der Waals surface area (Å²) >= 11 is 7.75. The van der Waals surface area contributed by atoms with Crippen molar-refractivity contribution in [2.24, 2.45) is 12.0 Å². The third kappa shape index (κ3) is 5.93. The Balaban J connectivity index is 0.00000288. The van der Waals surface area contributed by atoms with Crippen molar-refractivity contribution >= 4 is 52.9 Å². The number of guanidine groups is 1. The maximum absolute atomic E-state index is 6.05. The topological polar surface area (TPSA) is 45.5 Å². The molecule has 0 atom stereocenters. The first-order valence-corrected chi connectivity index (χ1v) is 9.02. The van der Waals surface area contributed by atoms with E-state index in [1.165, 1.54) is 0 Å². The minimum absolute atomic E-state index is 0. The van der Waals surface area contributed by atoms with Crippen LogP contribution in [0.5, 0.6) is 0 Å². The fraction of sp³-hybridized carbons (Fsp3) is 0.500. The third-order valence-electron chi connectivity index (χ3n) is 3.46. The Morgan fingerprint density at radius 1 is 1.46 bits per heavy atom. The van der Waals surface area contributed by atoms with Gasteiger partial charge in [-0.3, -0.25) is 0 Å². The summed E-state index contributed by atoms with van der Waals surface area (Å²) in [7, 11) is 4.03. The van der Waals surface area contributed by atoms with E-state index in [2.05, 4.69) is 34.4 Å². The fourth-order valence-corrected chi connectivity index (χ4v) is 3.26. The van der Waals surface area contributed by atoms with E-state index >= 15 is 0 Å². The summed E-state index contributed by atoms with van der Waals surface area (Å²) in [6, 6.07) is 1.98. The first kappa shape index (κ1) is 21.2. The lowest BCUT2D eigenvalue weighted by molar-refractivity contribution is 0.461. The van der Waals surface area contributed by atoms with Crippen molar-refractivity contribution in [1.82, 2.24) is 19.8 Å². The number of aryl methyl sites for hydroxylation is 2. The van der Waals surface area contributed by atoms with Gasteiger partial charge >= 0.3 is 0 Å². The average molecular weight is 482 g/mol. The Morgan fingerprint density at radius 2 is 2.21 bits per heavy atom. The molecule has 0 aliphatic rings. The molecule has 134 valence electrons. The van der Waals surface area contributed by atoms with Crippen LogP contribution in [0.2, 0.25) is 5.02 Å². The van der Waals surface area contributed by atoms with Crippen molar-refractivity contribution < 1.29 is 0 Å². The van der Waals surface area contributed by atoms with Gasteiger partial charge in [-0.25, -0.2) is 9.98 Å². The maximum Gasteiger partial charge on any atom is 0.194 e. The molecule has 2 aromatic rings. The number of aliphatic imine (C=N–C) groups is 1. The summed E-state index contributed by atoms with van der Waals surface area (Å²) in [5.41, 5.74) is 2.17. The molecule has 0 fully saturated rings. The second-order valence-electron chi connectivity index (χ2n) is 5.37. The van der Waals surface area contributed by atoms with Gasteiger partial charge in [-0.05, 0) is 19.4 Å². The molecular weight excluding hydrogens is 457 g/mol. The van der Waals surface area contributed by atoms with Gasteiger partial charge < -0.3 is 14.8 Å². The molecule has 2 heterocycles. The highest BCUT2D eigenvalue weighted by Crippen LogP contribution is 2.15. The third-order valence-corrected chi connectivity index (χ3v) is 4.71. The molecule has 0 radical (unpaired) electrons. The second kappa shape index (κ2) is 10.2. The lowest BCUT2D eigenvalue weighted by atomic mass is 10.4. The lowest BCUT2D eigenvalue weighted by Gasteiger charge is -2.22. The number of halogens is 2. The van der Waals surface area contributed by atoms with Gasteiger partial charge in [-0.2, -0.15) is 0 Å². The molecule has 1 N–H and O–H groups in total. The number of hydrogen-bond donors (Lipinski definition) is 1. The summed E-state index contributed by atoms with van der Waals surface area (Å²) < 4.78 is 2.04. The van der Waals surface area contributed by atoms with E-state index in [4.69, 9.17) is 16.6 Å². The van der Waals surface area contributed by atoms with Gasteiger partial charge in [0.1, 0.15) is 0 Å². The highest BCUT2D eigenvalue weighted by molar-refractivity contribution is 14.0. The lowest BCUT2D eigenvalue weighted by Crippen LogP contribution is -2.38. The zero-order chi connectivity index (χ0) is 16.8. The van der Waals surface area contributed by atoms with E-state index in [1.54, 1.807) is 11.3 Å². The second-order valence-corrected chi connectivity index (χ2v) is 6.75. The van der Waals surface area contributed by atoms with Crippen molar-refractivity contribution in [2.75, 3.05) is 13.6 Å². The number of thiazole rings is 1. The van der Waals surface area contributed by atoms with Gasteiger partial charge in [0.25, 0.3) is 0 Å². The Hall–Kier alpha value is -0.800. The van der Waals surface area contributed by atoms with Gasteiger partial charge in [-0.1, -0.05) is 18.5 Å². The Bertz CT molecular complexity index is 667. The smallest absolute Gasteiger partial charge is 0.194 e. The van der Waals surface area contributed by atoms with Crippen LogP contribution >= 0.6 is 46.9 Å². The van der Waals surface area contributed by atoms with Crippen molar-refractivity contribution in [2.45, 2.75) is 33.4 Å². The number of nitrogens with one attached hydrogen (secondary N) is 1. The largest absolute Gasteiger partial charge is 0.357 e. The predicted molar refractivity (Wildman–Crippen MR) is 114 cm³/mol. The van der Waals surface area contributed by atoms with Crippen molar-refractivity contribution in [3.05, 3.63) is 39.1 Å². The molecule has 2 rings (SSSR count). The van der Waals surface area contributed by atoms with Gasteiger partial charge in [0.05, 0.1) is 28.8 Å². The van der Waals surface area contributed by atoms with E-state index in [9.17, 15) is 0 Å². The molecule has 0 aliphatic heterocycles. The van der Waals surface area contributed by atoms with Crippen LogP contribution in [0.4, 0.5) is 0 Å². The predicted octanol–water partition coefficient (Wildman–Crippen LogP) is 3.91. The standard InChI is InChI=1S/C16H24ClN5S.HI/c1-5-15-20-13(11-23-15)8-19-16(18-6-2)22(4)10-14-7-12(17)9-21(14)3;/h7,9,11H,5-6,8,10H2,1-4H3,(H,18,19);1H. The Kier molecular flexibility index (Phi) is 9.07. The summed E-state index contributed by atoms with van der Waals surface area (Å²) in [6.45, 7) is 6.35. The van der Waals surface area contributed by atoms with E-state index < -0.39 is 0 Å². The van der Waals surface area contributed by atoms with Crippen LogP contribution in [-0.2, 0) is 26.6 Å². The zero-order valence-corrected chi connectivity index (χ0v) is 18.4. The quantitative estimate of drug-likeness (QED) is 0.386. The van der Waals surface area contributed by atoms with Crippen molar-refractivity contribution in [1.29, 1.82) is 0 Å². The molecule has 24 heavy (non-hydrogen) atoms. The summed E-state index contributed by atoms with van der Waals surface area (Å²) in [6.07, 6.45) is 2.89. The highest BCUT2D eigenvalue weighted by Gasteiger charge is 2.10. The van der Waals surface area contributed by atoms with Gasteiger partial charge in [0, 0.05) is 37.9 Å². The summed E-state index contributed by atoms with van der Waals surface area (Å²) in [5.74, 6) is 0.871. The van der Waals surface area contributed by atoms with E-state index in [0.717, 1.165) is 46.9 Å². The molecule has 0 saturated carbocycles. The minimum atomic E-state index is 0. The normalized spacial score (nSPS) is 11.3. The van der Waals surface area contributed by atoms with E-state index in [1.807, 2.05) is 30.9 Å². The Morgan fingerprint density at radius 3 is 2.75 bits per heavy atom.